The molecule has 0 fully saturated rings. The van der Waals surface area contributed by atoms with E-state index in [2.05, 4.69) is 51.7 Å². The number of aromatic amines is 1. The van der Waals surface area contributed by atoms with Crippen LogP contribution in [0.3, 0.4) is 0 Å². The zero-order valence-corrected chi connectivity index (χ0v) is 11.6. The highest BCUT2D eigenvalue weighted by molar-refractivity contribution is 5.75. The highest BCUT2D eigenvalue weighted by Gasteiger charge is 2.10. The minimum atomic E-state index is 0. The second-order valence-corrected chi connectivity index (χ2v) is 4.81. The number of hydrogen-bond donors (Lipinski definition) is 1. The van der Waals surface area contributed by atoms with Gasteiger partial charge in [0, 0.05) is 20.4 Å². The number of rotatable bonds is 3. The van der Waals surface area contributed by atoms with E-state index < -0.39 is 0 Å². The number of nitrogens with zero attached hydrogens (tertiary/aromatic N) is 3. The first kappa shape index (κ1) is 12.0. The van der Waals surface area contributed by atoms with E-state index in [1.165, 1.54) is 5.56 Å². The Morgan fingerprint density at radius 3 is 2.74 bits per heavy atom. The number of fused-ring (bicyclic) bond motifs is 1. The van der Waals surface area contributed by atoms with Crippen molar-refractivity contribution in [2.24, 2.45) is 7.05 Å². The molecule has 0 saturated carbocycles. The Labute approximate surface area is 114 Å². The second kappa shape index (κ2) is 4.53. The van der Waals surface area contributed by atoms with Crippen molar-refractivity contribution in [3.05, 3.63) is 35.7 Å². The SMILES string of the molecule is CCc1cc(-c2nc3nc(CC)ccc3[nH]2)n(C)c1.[HH]. The summed E-state index contributed by atoms with van der Waals surface area (Å²) < 4.78 is 2.11. The molecule has 0 amide bonds. The summed E-state index contributed by atoms with van der Waals surface area (Å²) in [6, 6.07) is 6.28. The van der Waals surface area contributed by atoms with Gasteiger partial charge < -0.3 is 9.55 Å². The predicted molar refractivity (Wildman–Crippen MR) is 79.2 cm³/mol. The number of H-pyrrole nitrogens is 1. The van der Waals surface area contributed by atoms with Gasteiger partial charge in [-0.05, 0) is 36.6 Å². The van der Waals surface area contributed by atoms with Gasteiger partial charge in [-0.1, -0.05) is 13.8 Å². The number of aryl methyl sites for hydroxylation is 3. The van der Waals surface area contributed by atoms with Gasteiger partial charge in [0.1, 0.15) is 0 Å². The maximum atomic E-state index is 4.61. The lowest BCUT2D eigenvalue weighted by Crippen LogP contribution is -1.90. The van der Waals surface area contributed by atoms with Gasteiger partial charge in [-0.3, -0.25) is 0 Å². The first-order valence-electron chi connectivity index (χ1n) is 6.72. The van der Waals surface area contributed by atoms with Gasteiger partial charge in [-0.2, -0.15) is 0 Å². The summed E-state index contributed by atoms with van der Waals surface area (Å²) in [4.78, 5) is 12.5. The summed E-state index contributed by atoms with van der Waals surface area (Å²) >= 11 is 0. The van der Waals surface area contributed by atoms with Crippen LogP contribution in [0.4, 0.5) is 0 Å². The molecule has 0 radical (unpaired) electrons. The molecule has 4 nitrogen and oxygen atoms in total. The second-order valence-electron chi connectivity index (χ2n) is 4.81. The highest BCUT2D eigenvalue weighted by Crippen LogP contribution is 2.22. The molecular formula is C15H20N4. The molecular weight excluding hydrogens is 236 g/mol. The molecule has 3 heterocycles. The summed E-state index contributed by atoms with van der Waals surface area (Å²) in [6.45, 7) is 4.26. The summed E-state index contributed by atoms with van der Waals surface area (Å²) in [5.74, 6) is 0.887. The van der Waals surface area contributed by atoms with Crippen molar-refractivity contribution in [1.82, 2.24) is 19.5 Å². The molecule has 0 spiro atoms. The summed E-state index contributed by atoms with van der Waals surface area (Å²) in [6.07, 6.45) is 4.11. The van der Waals surface area contributed by atoms with E-state index in [9.17, 15) is 0 Å². The third-order valence-corrected chi connectivity index (χ3v) is 3.48. The molecule has 0 aliphatic rings. The zero-order valence-electron chi connectivity index (χ0n) is 11.6. The Bertz CT molecular complexity index is 727. The van der Waals surface area contributed by atoms with Crippen LogP contribution in [0.1, 0.15) is 26.5 Å². The standard InChI is InChI=1S/C15H18N4.H2/c1-4-10-8-13(19(3)9-10)15-17-12-7-6-11(5-2)16-14(12)18-15;/h6-9H,4-5H2,1-3H3,(H,16,17,18);1H. The fourth-order valence-corrected chi connectivity index (χ4v) is 2.31. The molecule has 19 heavy (non-hydrogen) atoms. The molecule has 3 rings (SSSR count). The molecule has 100 valence electrons. The van der Waals surface area contributed by atoms with Crippen molar-refractivity contribution in [3.8, 4) is 11.5 Å². The highest BCUT2D eigenvalue weighted by atomic mass is 15.0. The number of pyridine rings is 1. The Balaban J connectivity index is 0.00000147. The molecule has 1 N–H and O–H groups in total. The maximum Gasteiger partial charge on any atom is 0.178 e. The van der Waals surface area contributed by atoms with Crippen molar-refractivity contribution in [3.63, 3.8) is 0 Å². The Morgan fingerprint density at radius 2 is 2.05 bits per heavy atom. The maximum absolute atomic E-state index is 4.61. The Morgan fingerprint density at radius 1 is 1.21 bits per heavy atom. The molecule has 3 aromatic heterocycles. The summed E-state index contributed by atoms with van der Waals surface area (Å²) in [7, 11) is 2.05. The first-order chi connectivity index (χ1) is 9.21. The predicted octanol–water partition coefficient (Wildman–Crippen LogP) is 3.33. The quantitative estimate of drug-likeness (QED) is 0.781. The van der Waals surface area contributed by atoms with Gasteiger partial charge in [-0.15, -0.1) is 0 Å². The van der Waals surface area contributed by atoms with Crippen molar-refractivity contribution in [2.75, 3.05) is 0 Å². The van der Waals surface area contributed by atoms with Crippen molar-refractivity contribution >= 4 is 11.2 Å². The molecule has 0 aliphatic carbocycles. The smallest absolute Gasteiger partial charge is 0.178 e. The minimum absolute atomic E-state index is 0. The third-order valence-electron chi connectivity index (χ3n) is 3.48. The zero-order chi connectivity index (χ0) is 13.4. The Hall–Kier alpha value is -2.10. The fourth-order valence-electron chi connectivity index (χ4n) is 2.31. The molecule has 0 aliphatic heterocycles. The summed E-state index contributed by atoms with van der Waals surface area (Å²) in [5.41, 5.74) is 5.29. The van der Waals surface area contributed by atoms with Crippen LogP contribution in [-0.2, 0) is 19.9 Å². The number of aromatic nitrogens is 4. The van der Waals surface area contributed by atoms with Gasteiger partial charge in [0.25, 0.3) is 0 Å². The van der Waals surface area contributed by atoms with Crippen molar-refractivity contribution < 1.29 is 1.43 Å². The minimum Gasteiger partial charge on any atom is -0.348 e. The molecule has 0 bridgehead atoms. The van der Waals surface area contributed by atoms with Crippen LogP contribution >= 0.6 is 0 Å². The summed E-state index contributed by atoms with van der Waals surface area (Å²) in [5, 5.41) is 0. The van der Waals surface area contributed by atoms with E-state index in [1.54, 1.807) is 0 Å². The van der Waals surface area contributed by atoms with Gasteiger partial charge in [0.15, 0.2) is 11.5 Å². The van der Waals surface area contributed by atoms with Crippen LogP contribution < -0.4 is 0 Å². The van der Waals surface area contributed by atoms with Gasteiger partial charge >= 0.3 is 0 Å². The van der Waals surface area contributed by atoms with Gasteiger partial charge in [0.05, 0.1) is 11.2 Å². The van der Waals surface area contributed by atoms with Gasteiger partial charge in [-0.25, -0.2) is 9.97 Å². The molecule has 0 atom stereocenters. The van der Waals surface area contributed by atoms with E-state index in [0.29, 0.717) is 0 Å². The van der Waals surface area contributed by atoms with E-state index in [1.807, 2.05) is 13.1 Å². The van der Waals surface area contributed by atoms with Crippen LogP contribution in [0, 0.1) is 0 Å². The average molecular weight is 256 g/mol. The normalized spacial score (nSPS) is 11.3. The molecule has 3 aromatic rings. The molecule has 4 heteroatoms. The molecule has 0 saturated heterocycles. The van der Waals surface area contributed by atoms with Crippen LogP contribution in [0.5, 0.6) is 0 Å². The van der Waals surface area contributed by atoms with Crippen LogP contribution in [0.15, 0.2) is 24.4 Å². The van der Waals surface area contributed by atoms with E-state index in [-0.39, 0.29) is 1.43 Å². The van der Waals surface area contributed by atoms with Crippen LogP contribution in [0.25, 0.3) is 22.7 Å². The van der Waals surface area contributed by atoms with Crippen LogP contribution in [-0.4, -0.2) is 19.5 Å². The van der Waals surface area contributed by atoms with Crippen LogP contribution in [0.2, 0.25) is 0 Å². The fraction of sp³-hybridized carbons (Fsp3) is 0.333. The molecule has 0 aromatic carbocycles. The average Bonchev–Trinajstić information content (AvgIpc) is 3.00. The van der Waals surface area contributed by atoms with Gasteiger partial charge in [0.2, 0.25) is 0 Å². The topological polar surface area (TPSA) is 46.5 Å². The lowest BCUT2D eigenvalue weighted by atomic mass is 10.2. The van der Waals surface area contributed by atoms with E-state index >= 15 is 0 Å². The largest absolute Gasteiger partial charge is 0.348 e. The Kier molecular flexibility index (Phi) is 2.85. The third kappa shape index (κ3) is 2.03. The molecule has 0 unspecified atom stereocenters. The van der Waals surface area contributed by atoms with E-state index in [4.69, 9.17) is 0 Å². The monoisotopic (exact) mass is 256 g/mol. The van der Waals surface area contributed by atoms with E-state index in [0.717, 1.165) is 41.2 Å². The number of hydrogen-bond acceptors (Lipinski definition) is 2. The first-order valence-corrected chi connectivity index (χ1v) is 6.72. The van der Waals surface area contributed by atoms with Crippen molar-refractivity contribution in [1.29, 1.82) is 0 Å². The lowest BCUT2D eigenvalue weighted by molar-refractivity contribution is 0.919. The lowest BCUT2D eigenvalue weighted by Gasteiger charge is -1.96. The number of nitrogens with one attached hydrogen (secondary N) is 1. The number of imidazole rings is 1. The van der Waals surface area contributed by atoms with Crippen molar-refractivity contribution in [2.45, 2.75) is 26.7 Å².